The van der Waals surface area contributed by atoms with Gasteiger partial charge in [0.15, 0.2) is 23.0 Å². The number of aromatic hydroxyl groups is 1. The topological polar surface area (TPSA) is 76.3 Å². The highest BCUT2D eigenvalue weighted by molar-refractivity contribution is 5.91. The molecule has 4 aromatic rings. The van der Waals surface area contributed by atoms with E-state index in [1.807, 2.05) is 4.90 Å². The fraction of sp³-hybridized carbons (Fsp3) is 0.292. The van der Waals surface area contributed by atoms with E-state index in [4.69, 9.17) is 4.74 Å². The molecule has 7 nitrogen and oxygen atoms in total. The van der Waals surface area contributed by atoms with Crippen LogP contribution in [0.1, 0.15) is 11.1 Å². The Hall–Kier alpha value is -3.87. The highest BCUT2D eigenvalue weighted by Crippen LogP contribution is 2.41. The summed E-state index contributed by atoms with van der Waals surface area (Å²) in [6.07, 6.45) is -3.60. The molecule has 0 saturated carbocycles. The van der Waals surface area contributed by atoms with Gasteiger partial charge < -0.3 is 14.7 Å². The smallest absolute Gasteiger partial charge is 0.419 e. The zero-order valence-electron chi connectivity index (χ0n) is 19.2. The van der Waals surface area contributed by atoms with Crippen molar-refractivity contribution in [2.45, 2.75) is 18.6 Å². The summed E-state index contributed by atoms with van der Waals surface area (Å²) in [6, 6.07) is 6.29. The molecule has 0 aliphatic carbocycles. The molecule has 1 aliphatic heterocycles. The molecule has 1 aliphatic rings. The van der Waals surface area contributed by atoms with Crippen LogP contribution in [0.5, 0.6) is 5.75 Å². The lowest BCUT2D eigenvalue weighted by Crippen LogP contribution is -2.47. The van der Waals surface area contributed by atoms with E-state index in [2.05, 4.69) is 15.1 Å². The SMILES string of the molecule is Cn1nc(-c2cc(C(F)(F)F)c(F)c(O)c2F)c2cnc(N3CCOC[C@H]3Cc3ccccc3F)nc21. The minimum Gasteiger partial charge on any atom is -0.503 e. The summed E-state index contributed by atoms with van der Waals surface area (Å²) in [4.78, 5) is 10.6. The Morgan fingerprint density at radius 1 is 1.14 bits per heavy atom. The predicted octanol–water partition coefficient (Wildman–Crippen LogP) is 4.62. The summed E-state index contributed by atoms with van der Waals surface area (Å²) in [5, 5.41) is 13.9. The van der Waals surface area contributed by atoms with Crippen LogP contribution in [0.25, 0.3) is 22.3 Å². The first-order chi connectivity index (χ1) is 17.6. The average molecular weight is 523 g/mol. The van der Waals surface area contributed by atoms with Gasteiger partial charge in [0.25, 0.3) is 0 Å². The third-order valence-electron chi connectivity index (χ3n) is 6.20. The van der Waals surface area contributed by atoms with Crippen LogP contribution in [-0.4, -0.2) is 50.7 Å². The van der Waals surface area contributed by atoms with Crippen LogP contribution in [0.2, 0.25) is 0 Å². The number of alkyl halides is 3. The van der Waals surface area contributed by atoms with Gasteiger partial charge in [-0.1, -0.05) is 18.2 Å². The molecule has 2 aromatic carbocycles. The summed E-state index contributed by atoms with van der Waals surface area (Å²) in [5.74, 6) is -5.58. The van der Waals surface area contributed by atoms with E-state index in [1.54, 1.807) is 18.2 Å². The number of aryl methyl sites for hydroxylation is 1. The van der Waals surface area contributed by atoms with Crippen molar-refractivity contribution in [2.24, 2.45) is 7.05 Å². The first-order valence-electron chi connectivity index (χ1n) is 11.1. The van der Waals surface area contributed by atoms with Gasteiger partial charge in [0.05, 0.1) is 30.2 Å². The van der Waals surface area contributed by atoms with Gasteiger partial charge in [-0.15, -0.1) is 0 Å². The summed E-state index contributed by atoms with van der Waals surface area (Å²) in [7, 11) is 1.45. The monoisotopic (exact) mass is 523 g/mol. The predicted molar refractivity (Wildman–Crippen MR) is 120 cm³/mol. The van der Waals surface area contributed by atoms with Crippen LogP contribution >= 0.6 is 0 Å². The average Bonchev–Trinajstić information content (AvgIpc) is 3.19. The second-order valence-electron chi connectivity index (χ2n) is 8.54. The molecule has 2 aromatic heterocycles. The highest BCUT2D eigenvalue weighted by atomic mass is 19.4. The Labute approximate surface area is 205 Å². The highest BCUT2D eigenvalue weighted by Gasteiger charge is 2.38. The largest absolute Gasteiger partial charge is 0.503 e. The number of phenols is 1. The summed E-state index contributed by atoms with van der Waals surface area (Å²) in [6.45, 7) is 1.05. The normalized spacial score (nSPS) is 16.5. The van der Waals surface area contributed by atoms with E-state index in [-0.39, 0.29) is 47.2 Å². The molecule has 37 heavy (non-hydrogen) atoms. The number of nitrogens with zero attached hydrogens (tertiary/aromatic N) is 5. The third kappa shape index (κ3) is 4.43. The number of hydrogen-bond donors (Lipinski definition) is 1. The van der Waals surface area contributed by atoms with E-state index in [9.17, 15) is 31.4 Å². The quantitative estimate of drug-likeness (QED) is 0.394. The first kappa shape index (κ1) is 24.8. The van der Waals surface area contributed by atoms with Crippen molar-refractivity contribution in [2.75, 3.05) is 24.7 Å². The van der Waals surface area contributed by atoms with Gasteiger partial charge in [0.2, 0.25) is 5.95 Å². The van der Waals surface area contributed by atoms with Crippen LogP contribution in [0, 0.1) is 17.5 Å². The number of rotatable bonds is 4. The lowest BCUT2D eigenvalue weighted by atomic mass is 10.0. The number of anilines is 1. The minimum absolute atomic E-state index is 0.0863. The van der Waals surface area contributed by atoms with E-state index in [0.717, 1.165) is 0 Å². The molecule has 13 heteroatoms. The van der Waals surface area contributed by atoms with E-state index >= 15 is 0 Å². The summed E-state index contributed by atoms with van der Waals surface area (Å²) in [5.41, 5.74) is -2.24. The van der Waals surface area contributed by atoms with Crippen molar-refractivity contribution in [1.29, 1.82) is 0 Å². The second-order valence-corrected chi connectivity index (χ2v) is 8.54. The lowest BCUT2D eigenvalue weighted by Gasteiger charge is -2.35. The molecular formula is C24H19F6N5O2. The van der Waals surface area contributed by atoms with Crippen molar-refractivity contribution >= 4 is 17.0 Å². The minimum atomic E-state index is -5.18. The molecular weight excluding hydrogens is 504 g/mol. The van der Waals surface area contributed by atoms with Crippen molar-refractivity contribution < 1.29 is 36.2 Å². The number of hydrogen-bond acceptors (Lipinski definition) is 6. The molecule has 1 fully saturated rings. The van der Waals surface area contributed by atoms with Crippen LogP contribution < -0.4 is 4.90 Å². The maximum absolute atomic E-state index is 14.7. The number of halogens is 6. The van der Waals surface area contributed by atoms with E-state index in [0.29, 0.717) is 25.1 Å². The zero-order chi connectivity index (χ0) is 26.5. The van der Waals surface area contributed by atoms with Crippen molar-refractivity contribution in [3.8, 4) is 17.0 Å². The van der Waals surface area contributed by atoms with Crippen molar-refractivity contribution in [3.63, 3.8) is 0 Å². The summed E-state index contributed by atoms with van der Waals surface area (Å²) >= 11 is 0. The van der Waals surface area contributed by atoms with Gasteiger partial charge in [-0.25, -0.2) is 22.8 Å². The molecule has 3 heterocycles. The molecule has 1 atom stereocenters. The van der Waals surface area contributed by atoms with E-state index < -0.39 is 34.7 Å². The molecule has 0 unspecified atom stereocenters. The Morgan fingerprint density at radius 2 is 1.89 bits per heavy atom. The molecule has 194 valence electrons. The fourth-order valence-corrected chi connectivity index (χ4v) is 4.37. The number of benzene rings is 2. The lowest BCUT2D eigenvalue weighted by molar-refractivity contribution is -0.140. The van der Waals surface area contributed by atoms with Crippen molar-refractivity contribution in [1.82, 2.24) is 19.7 Å². The Balaban J connectivity index is 1.56. The fourth-order valence-electron chi connectivity index (χ4n) is 4.37. The van der Waals surface area contributed by atoms with Gasteiger partial charge in [-0.2, -0.15) is 23.3 Å². The molecule has 1 N–H and O–H groups in total. The van der Waals surface area contributed by atoms with Crippen LogP contribution in [-0.2, 0) is 24.4 Å². The van der Waals surface area contributed by atoms with Gasteiger partial charge in [0.1, 0.15) is 11.5 Å². The van der Waals surface area contributed by atoms with Gasteiger partial charge in [0, 0.05) is 25.4 Å². The summed E-state index contributed by atoms with van der Waals surface area (Å²) < 4.78 is 89.6. The Kier molecular flexibility index (Phi) is 6.18. The Bertz CT molecular complexity index is 1490. The molecule has 0 radical (unpaired) electrons. The molecule has 0 spiro atoms. The number of fused-ring (bicyclic) bond motifs is 1. The number of ether oxygens (including phenoxy) is 1. The maximum Gasteiger partial charge on any atom is 0.419 e. The van der Waals surface area contributed by atoms with Crippen LogP contribution in [0.4, 0.5) is 32.3 Å². The molecule has 5 rings (SSSR count). The standard InChI is InChI=1S/C24H19F6N5O2/c1-34-22-15(20(33-34)14-9-16(24(28,29)30)19(27)21(36)18(14)26)10-31-23(32-22)35-6-7-37-11-13(35)8-12-4-2-3-5-17(12)25/h2-5,9-10,13,36H,6-8,11H2,1H3/t13-/m1/s1. The molecule has 1 saturated heterocycles. The Morgan fingerprint density at radius 3 is 2.62 bits per heavy atom. The van der Waals surface area contributed by atoms with Gasteiger partial charge in [-0.05, 0) is 24.1 Å². The molecule has 0 amide bonds. The molecule has 0 bridgehead atoms. The number of morpholine rings is 1. The number of phenolic OH excluding ortho intramolecular Hbond substituents is 1. The first-order valence-corrected chi connectivity index (χ1v) is 11.1. The van der Waals surface area contributed by atoms with Crippen molar-refractivity contribution in [3.05, 3.63) is 65.1 Å². The number of aromatic nitrogens is 4. The van der Waals surface area contributed by atoms with E-state index in [1.165, 1.54) is 24.0 Å². The zero-order valence-corrected chi connectivity index (χ0v) is 19.2. The van der Waals surface area contributed by atoms with Gasteiger partial charge in [-0.3, -0.25) is 0 Å². The van der Waals surface area contributed by atoms with Gasteiger partial charge >= 0.3 is 6.18 Å². The maximum atomic E-state index is 14.7. The van der Waals surface area contributed by atoms with Crippen LogP contribution in [0.3, 0.4) is 0 Å². The van der Waals surface area contributed by atoms with Crippen LogP contribution in [0.15, 0.2) is 36.5 Å². The second kappa shape index (κ2) is 9.21. The third-order valence-corrected chi connectivity index (χ3v) is 6.20.